The molecule has 0 aliphatic carbocycles. The Morgan fingerprint density at radius 3 is 2.38 bits per heavy atom. The van der Waals surface area contributed by atoms with Crippen LogP contribution in [0.15, 0.2) is 72.8 Å². The number of rotatable bonds is 9. The molecule has 3 rings (SSSR count). The van der Waals surface area contributed by atoms with Crippen molar-refractivity contribution in [2.75, 3.05) is 17.1 Å². The van der Waals surface area contributed by atoms with E-state index in [2.05, 4.69) is 30.4 Å². The van der Waals surface area contributed by atoms with Crippen LogP contribution in [-0.4, -0.2) is 27.1 Å². The summed E-state index contributed by atoms with van der Waals surface area (Å²) >= 11 is 6.21. The minimum Gasteiger partial charge on any atom is -0.352 e. The molecule has 7 heteroatoms. The van der Waals surface area contributed by atoms with Crippen LogP contribution in [0.5, 0.6) is 0 Å². The van der Waals surface area contributed by atoms with Crippen LogP contribution in [0.2, 0.25) is 5.02 Å². The Bertz CT molecular complexity index is 1180. The molecule has 0 unspecified atom stereocenters. The van der Waals surface area contributed by atoms with E-state index in [1.165, 1.54) is 15.4 Å². The third-order valence-electron chi connectivity index (χ3n) is 5.10. The van der Waals surface area contributed by atoms with E-state index >= 15 is 0 Å². The first-order valence-electron chi connectivity index (χ1n) is 10.4. The zero-order valence-corrected chi connectivity index (χ0v) is 19.8. The van der Waals surface area contributed by atoms with Gasteiger partial charge in [0.25, 0.3) is 5.91 Å². The summed E-state index contributed by atoms with van der Waals surface area (Å²) in [6.45, 7) is 2.74. The molecule has 3 aromatic rings. The number of benzene rings is 3. The third kappa shape index (κ3) is 6.58. The second kappa shape index (κ2) is 10.7. The van der Waals surface area contributed by atoms with E-state index in [0.717, 1.165) is 19.1 Å². The largest absolute Gasteiger partial charge is 0.352 e. The number of halogens is 1. The number of carbonyl (C=O) groups is 1. The Morgan fingerprint density at radius 1 is 1.00 bits per heavy atom. The van der Waals surface area contributed by atoms with Gasteiger partial charge in [-0.2, -0.15) is 0 Å². The van der Waals surface area contributed by atoms with Crippen molar-refractivity contribution in [3.63, 3.8) is 0 Å². The fourth-order valence-electron chi connectivity index (χ4n) is 3.42. The molecular weight excluding hydrogens is 444 g/mol. The van der Waals surface area contributed by atoms with Gasteiger partial charge in [-0.3, -0.25) is 9.10 Å². The van der Waals surface area contributed by atoms with Crippen LogP contribution in [0.25, 0.3) is 0 Å². The number of anilines is 1. The van der Waals surface area contributed by atoms with Crippen molar-refractivity contribution in [2.45, 2.75) is 26.3 Å². The van der Waals surface area contributed by atoms with Crippen LogP contribution >= 0.6 is 11.6 Å². The second-order valence-corrected chi connectivity index (χ2v) is 10.1. The number of hydrogen-bond acceptors (Lipinski definition) is 3. The molecule has 0 spiro atoms. The number of nitrogens with zero attached hydrogens (tertiary/aromatic N) is 1. The lowest BCUT2D eigenvalue weighted by molar-refractivity contribution is 0.0953. The number of nitrogens with one attached hydrogen (secondary N) is 1. The highest BCUT2D eigenvalue weighted by atomic mass is 35.5. The highest BCUT2D eigenvalue weighted by molar-refractivity contribution is 7.92. The van der Waals surface area contributed by atoms with E-state index in [1.807, 2.05) is 12.1 Å². The van der Waals surface area contributed by atoms with Crippen LogP contribution < -0.4 is 9.62 Å². The van der Waals surface area contributed by atoms with Crippen LogP contribution in [0, 0.1) is 6.92 Å². The second-order valence-electron chi connectivity index (χ2n) is 7.76. The molecule has 5 nitrogen and oxygen atoms in total. The molecule has 32 heavy (non-hydrogen) atoms. The molecule has 0 bridgehead atoms. The lowest BCUT2D eigenvalue weighted by atomic mass is 10.1. The van der Waals surface area contributed by atoms with E-state index in [1.54, 1.807) is 42.5 Å². The highest BCUT2D eigenvalue weighted by Crippen LogP contribution is 2.24. The third-order valence-corrected chi connectivity index (χ3v) is 6.61. The molecule has 0 heterocycles. The summed E-state index contributed by atoms with van der Waals surface area (Å²) in [5, 5.41) is 3.42. The minimum atomic E-state index is -3.54. The molecule has 1 N–H and O–H groups in total. The lowest BCUT2D eigenvalue weighted by Gasteiger charge is -2.23. The SMILES string of the molecule is Cc1cccc(CCCNC(=O)c2ccc(N(Cc3ccccc3Cl)S(C)(=O)=O)cc2)c1. The van der Waals surface area contributed by atoms with Gasteiger partial charge in [0.15, 0.2) is 0 Å². The Kier molecular flexibility index (Phi) is 7.94. The Labute approximate surface area is 195 Å². The molecule has 3 aromatic carbocycles. The average Bonchev–Trinajstić information content (AvgIpc) is 2.75. The predicted octanol–water partition coefficient (Wildman–Crippen LogP) is 4.98. The van der Waals surface area contributed by atoms with Gasteiger partial charge in [-0.15, -0.1) is 0 Å². The summed E-state index contributed by atoms with van der Waals surface area (Å²) in [7, 11) is -3.54. The monoisotopic (exact) mass is 470 g/mol. The number of carbonyl (C=O) groups excluding carboxylic acids is 1. The number of sulfonamides is 1. The van der Waals surface area contributed by atoms with Crippen molar-refractivity contribution in [1.29, 1.82) is 0 Å². The van der Waals surface area contributed by atoms with Crippen molar-refractivity contribution >= 4 is 33.2 Å². The standard InChI is InChI=1S/C25H27ClN2O3S/c1-19-7-5-8-20(17-19)9-6-16-27-25(29)21-12-14-23(15-13-21)28(32(2,30)31)18-22-10-3-4-11-24(22)26/h3-5,7-8,10-15,17H,6,9,16,18H2,1-2H3,(H,27,29). The van der Waals surface area contributed by atoms with E-state index in [0.29, 0.717) is 28.4 Å². The van der Waals surface area contributed by atoms with Crippen molar-refractivity contribution in [3.8, 4) is 0 Å². The molecule has 0 aliphatic rings. The van der Waals surface area contributed by atoms with Gasteiger partial charge in [-0.05, 0) is 61.2 Å². The van der Waals surface area contributed by atoms with Gasteiger partial charge in [0.2, 0.25) is 10.0 Å². The maximum Gasteiger partial charge on any atom is 0.251 e. The number of aryl methyl sites for hydroxylation is 2. The highest BCUT2D eigenvalue weighted by Gasteiger charge is 2.19. The van der Waals surface area contributed by atoms with Crippen molar-refractivity contribution < 1.29 is 13.2 Å². The normalized spacial score (nSPS) is 11.2. The minimum absolute atomic E-state index is 0.114. The summed E-state index contributed by atoms with van der Waals surface area (Å²) in [5.41, 5.74) is 4.14. The first kappa shape index (κ1) is 23.8. The quantitative estimate of drug-likeness (QED) is 0.448. The molecule has 0 saturated carbocycles. The molecule has 0 atom stereocenters. The smallest absolute Gasteiger partial charge is 0.251 e. The molecule has 0 aromatic heterocycles. The van der Waals surface area contributed by atoms with E-state index in [4.69, 9.17) is 11.6 Å². The molecule has 1 amide bonds. The van der Waals surface area contributed by atoms with Crippen LogP contribution in [-0.2, 0) is 23.0 Å². The topological polar surface area (TPSA) is 66.5 Å². The molecule has 0 saturated heterocycles. The van der Waals surface area contributed by atoms with Crippen LogP contribution in [0.3, 0.4) is 0 Å². The molecule has 168 valence electrons. The predicted molar refractivity (Wildman–Crippen MR) is 131 cm³/mol. The van der Waals surface area contributed by atoms with Gasteiger partial charge >= 0.3 is 0 Å². The Morgan fingerprint density at radius 2 is 1.72 bits per heavy atom. The molecular formula is C25H27ClN2O3S. The maximum atomic E-state index is 12.5. The van der Waals surface area contributed by atoms with E-state index in [9.17, 15) is 13.2 Å². The van der Waals surface area contributed by atoms with Gasteiger partial charge in [-0.1, -0.05) is 59.6 Å². The van der Waals surface area contributed by atoms with Gasteiger partial charge in [-0.25, -0.2) is 8.42 Å². The first-order chi connectivity index (χ1) is 15.2. The number of hydrogen-bond donors (Lipinski definition) is 1. The summed E-state index contributed by atoms with van der Waals surface area (Å²) in [5.74, 6) is -0.183. The zero-order valence-electron chi connectivity index (χ0n) is 18.2. The van der Waals surface area contributed by atoms with Crippen LogP contribution in [0.1, 0.15) is 33.5 Å². The summed E-state index contributed by atoms with van der Waals surface area (Å²) in [4.78, 5) is 12.5. The first-order valence-corrected chi connectivity index (χ1v) is 12.6. The van der Waals surface area contributed by atoms with Gasteiger partial charge in [0.1, 0.15) is 0 Å². The van der Waals surface area contributed by atoms with Gasteiger partial charge in [0.05, 0.1) is 18.5 Å². The van der Waals surface area contributed by atoms with Gasteiger partial charge < -0.3 is 5.32 Å². The molecule has 0 radical (unpaired) electrons. The molecule has 0 fully saturated rings. The Hall–Kier alpha value is -2.83. The average molecular weight is 471 g/mol. The van der Waals surface area contributed by atoms with Crippen molar-refractivity contribution in [1.82, 2.24) is 5.32 Å². The van der Waals surface area contributed by atoms with E-state index in [-0.39, 0.29) is 12.5 Å². The fourth-order valence-corrected chi connectivity index (χ4v) is 4.50. The lowest BCUT2D eigenvalue weighted by Crippen LogP contribution is -2.29. The maximum absolute atomic E-state index is 12.5. The van der Waals surface area contributed by atoms with Crippen molar-refractivity contribution in [2.24, 2.45) is 0 Å². The van der Waals surface area contributed by atoms with Crippen molar-refractivity contribution in [3.05, 3.63) is 100 Å². The fraction of sp³-hybridized carbons (Fsp3) is 0.240. The summed E-state index contributed by atoms with van der Waals surface area (Å²) in [6.07, 6.45) is 2.89. The summed E-state index contributed by atoms with van der Waals surface area (Å²) < 4.78 is 26.0. The van der Waals surface area contributed by atoms with Crippen LogP contribution in [0.4, 0.5) is 5.69 Å². The Balaban J connectivity index is 1.61. The van der Waals surface area contributed by atoms with E-state index < -0.39 is 10.0 Å². The molecule has 0 aliphatic heterocycles. The number of amides is 1. The zero-order chi connectivity index (χ0) is 23.1. The summed E-state index contributed by atoms with van der Waals surface area (Å²) in [6, 6.07) is 22.0. The van der Waals surface area contributed by atoms with Gasteiger partial charge in [0, 0.05) is 17.1 Å².